The first-order valence-electron chi connectivity index (χ1n) is 4.17. The van der Waals surface area contributed by atoms with Crippen LogP contribution in [0.25, 0.3) is 0 Å². The van der Waals surface area contributed by atoms with Crippen LogP contribution < -0.4 is 5.73 Å². The zero-order chi connectivity index (χ0) is 10.6. The first-order chi connectivity index (χ1) is 6.65. The molecule has 0 saturated heterocycles. The molecule has 76 valence electrons. The van der Waals surface area contributed by atoms with Crippen LogP contribution in [0.5, 0.6) is 0 Å². The van der Waals surface area contributed by atoms with Crippen molar-refractivity contribution in [2.75, 3.05) is 6.54 Å². The number of carbonyl (C=O) groups is 1. The molecule has 0 spiro atoms. The van der Waals surface area contributed by atoms with Crippen molar-refractivity contribution in [1.29, 1.82) is 0 Å². The van der Waals surface area contributed by atoms with Gasteiger partial charge >= 0.3 is 5.97 Å². The molecule has 3 N–H and O–H groups in total. The van der Waals surface area contributed by atoms with Crippen LogP contribution in [0.4, 0.5) is 0 Å². The topological polar surface area (TPSA) is 76.2 Å². The summed E-state index contributed by atoms with van der Waals surface area (Å²) >= 11 is 5.82. The van der Waals surface area contributed by atoms with Crippen LogP contribution in [-0.4, -0.2) is 22.6 Å². The van der Waals surface area contributed by atoms with Crippen molar-refractivity contribution in [3.05, 3.63) is 29.0 Å². The molecule has 0 aliphatic heterocycles. The second-order valence-corrected chi connectivity index (χ2v) is 3.27. The van der Waals surface area contributed by atoms with E-state index in [1.54, 1.807) is 18.3 Å². The van der Waals surface area contributed by atoms with E-state index in [0.717, 1.165) is 0 Å². The van der Waals surface area contributed by atoms with E-state index in [4.69, 9.17) is 22.4 Å². The Kier molecular flexibility index (Phi) is 3.85. The lowest BCUT2D eigenvalue weighted by atomic mass is 9.98. The second-order valence-electron chi connectivity index (χ2n) is 2.91. The van der Waals surface area contributed by atoms with E-state index in [1.807, 2.05) is 0 Å². The van der Waals surface area contributed by atoms with Gasteiger partial charge in [-0.15, -0.1) is 0 Å². The predicted octanol–water partition coefficient (Wildman–Crippen LogP) is 1.25. The van der Waals surface area contributed by atoms with Crippen LogP contribution in [0, 0.1) is 0 Å². The summed E-state index contributed by atoms with van der Waals surface area (Å²) in [5.74, 6) is -1.16. The Morgan fingerprint density at radius 1 is 1.71 bits per heavy atom. The predicted molar refractivity (Wildman–Crippen MR) is 53.3 cm³/mol. The number of halogens is 1. The van der Waals surface area contributed by atoms with E-state index >= 15 is 0 Å². The highest BCUT2D eigenvalue weighted by molar-refractivity contribution is 6.30. The lowest BCUT2D eigenvalue weighted by Gasteiger charge is -2.13. The average molecular weight is 215 g/mol. The Morgan fingerprint density at radius 2 is 2.43 bits per heavy atom. The fraction of sp³-hybridized carbons (Fsp3) is 0.333. The van der Waals surface area contributed by atoms with Crippen molar-refractivity contribution in [2.24, 2.45) is 5.73 Å². The molecule has 0 fully saturated rings. The number of pyridine rings is 1. The van der Waals surface area contributed by atoms with Crippen molar-refractivity contribution in [3.63, 3.8) is 0 Å². The van der Waals surface area contributed by atoms with Crippen LogP contribution in [0.3, 0.4) is 0 Å². The molecule has 0 radical (unpaired) electrons. The highest BCUT2D eigenvalue weighted by Gasteiger charge is 2.16. The molecule has 4 nitrogen and oxygen atoms in total. The smallest absolute Gasteiger partial charge is 0.304 e. The van der Waals surface area contributed by atoms with Crippen LogP contribution in [0.2, 0.25) is 5.15 Å². The summed E-state index contributed by atoms with van der Waals surface area (Å²) in [6.45, 7) is 0.248. The number of hydrogen-bond acceptors (Lipinski definition) is 3. The maximum Gasteiger partial charge on any atom is 0.304 e. The number of carboxylic acid groups (broad SMARTS) is 1. The van der Waals surface area contributed by atoms with Gasteiger partial charge in [-0.05, 0) is 18.2 Å². The molecule has 1 aromatic heterocycles. The molecule has 1 rings (SSSR count). The van der Waals surface area contributed by atoms with E-state index in [9.17, 15) is 4.79 Å². The SMILES string of the molecule is NCC(CC(=O)O)c1cccnc1Cl. The quantitative estimate of drug-likeness (QED) is 0.740. The molecule has 0 aromatic carbocycles. The maximum atomic E-state index is 10.5. The van der Waals surface area contributed by atoms with E-state index < -0.39 is 5.97 Å². The molecule has 1 heterocycles. The van der Waals surface area contributed by atoms with E-state index in [1.165, 1.54) is 0 Å². The Balaban J connectivity index is 2.89. The zero-order valence-corrected chi connectivity index (χ0v) is 8.24. The number of nitrogens with two attached hydrogens (primary N) is 1. The summed E-state index contributed by atoms with van der Waals surface area (Å²) < 4.78 is 0. The summed E-state index contributed by atoms with van der Waals surface area (Å²) in [5.41, 5.74) is 6.17. The molecule has 1 atom stereocenters. The molecule has 0 amide bonds. The van der Waals surface area contributed by atoms with Gasteiger partial charge in [-0.1, -0.05) is 17.7 Å². The molecule has 0 aliphatic carbocycles. The van der Waals surface area contributed by atoms with Gasteiger partial charge in [0.15, 0.2) is 0 Å². The molecule has 5 heteroatoms. The second kappa shape index (κ2) is 4.93. The summed E-state index contributed by atoms with van der Waals surface area (Å²) in [6, 6.07) is 3.46. The third kappa shape index (κ3) is 2.68. The van der Waals surface area contributed by atoms with Gasteiger partial charge in [-0.2, -0.15) is 0 Å². The number of aliphatic carboxylic acids is 1. The van der Waals surface area contributed by atoms with Gasteiger partial charge in [0.05, 0.1) is 6.42 Å². The van der Waals surface area contributed by atoms with Crippen molar-refractivity contribution in [3.8, 4) is 0 Å². The molecular formula is C9H11ClN2O2. The van der Waals surface area contributed by atoms with Gasteiger partial charge in [0, 0.05) is 12.1 Å². The number of carboxylic acids is 1. The van der Waals surface area contributed by atoms with Gasteiger partial charge in [0.1, 0.15) is 5.15 Å². The van der Waals surface area contributed by atoms with E-state index in [0.29, 0.717) is 10.7 Å². The summed E-state index contributed by atoms with van der Waals surface area (Å²) in [6.07, 6.45) is 1.53. The fourth-order valence-electron chi connectivity index (χ4n) is 1.23. The standard InChI is InChI=1S/C9H11ClN2O2/c10-9-7(2-1-3-12-9)6(5-11)4-8(13)14/h1-3,6H,4-5,11H2,(H,13,14). The Hall–Kier alpha value is -1.13. The zero-order valence-electron chi connectivity index (χ0n) is 7.48. The minimum absolute atomic E-state index is 0.0259. The number of aromatic nitrogens is 1. The lowest BCUT2D eigenvalue weighted by Crippen LogP contribution is -2.16. The van der Waals surface area contributed by atoms with Crippen molar-refractivity contribution in [2.45, 2.75) is 12.3 Å². The molecule has 14 heavy (non-hydrogen) atoms. The minimum Gasteiger partial charge on any atom is -0.481 e. The summed E-state index contributed by atoms with van der Waals surface area (Å²) in [5, 5.41) is 8.97. The summed E-state index contributed by atoms with van der Waals surface area (Å²) in [4.78, 5) is 14.4. The Bertz CT molecular complexity index is 330. The first kappa shape index (κ1) is 10.9. The Morgan fingerprint density at radius 3 is 2.93 bits per heavy atom. The number of rotatable bonds is 4. The van der Waals surface area contributed by atoms with Crippen LogP contribution in [0.1, 0.15) is 17.9 Å². The van der Waals surface area contributed by atoms with Crippen molar-refractivity contribution in [1.82, 2.24) is 4.98 Å². The largest absolute Gasteiger partial charge is 0.481 e. The Labute approximate surface area is 86.7 Å². The number of hydrogen-bond donors (Lipinski definition) is 2. The van der Waals surface area contributed by atoms with E-state index in [-0.39, 0.29) is 18.9 Å². The minimum atomic E-state index is -0.889. The van der Waals surface area contributed by atoms with E-state index in [2.05, 4.69) is 4.98 Å². The van der Waals surface area contributed by atoms with Crippen LogP contribution in [-0.2, 0) is 4.79 Å². The van der Waals surface area contributed by atoms with Gasteiger partial charge in [-0.3, -0.25) is 4.79 Å². The highest BCUT2D eigenvalue weighted by atomic mass is 35.5. The average Bonchev–Trinajstić information content (AvgIpc) is 2.15. The molecule has 0 saturated carbocycles. The van der Waals surface area contributed by atoms with Crippen molar-refractivity contribution < 1.29 is 9.90 Å². The molecule has 1 aromatic rings. The summed E-state index contributed by atoms with van der Waals surface area (Å²) in [7, 11) is 0. The fourth-order valence-corrected chi connectivity index (χ4v) is 1.51. The first-order valence-corrected chi connectivity index (χ1v) is 4.55. The normalized spacial score (nSPS) is 12.4. The van der Waals surface area contributed by atoms with Crippen LogP contribution in [0.15, 0.2) is 18.3 Å². The van der Waals surface area contributed by atoms with Crippen LogP contribution >= 0.6 is 11.6 Å². The lowest BCUT2D eigenvalue weighted by molar-refractivity contribution is -0.137. The third-order valence-corrected chi connectivity index (χ3v) is 2.25. The monoisotopic (exact) mass is 214 g/mol. The van der Waals surface area contributed by atoms with Gasteiger partial charge in [-0.25, -0.2) is 4.98 Å². The third-order valence-electron chi connectivity index (χ3n) is 1.93. The highest BCUT2D eigenvalue weighted by Crippen LogP contribution is 2.24. The van der Waals surface area contributed by atoms with Gasteiger partial charge in [0.25, 0.3) is 0 Å². The van der Waals surface area contributed by atoms with Gasteiger partial charge in [0.2, 0.25) is 0 Å². The van der Waals surface area contributed by atoms with Gasteiger partial charge < -0.3 is 10.8 Å². The maximum absolute atomic E-state index is 10.5. The molecular weight excluding hydrogens is 204 g/mol. The van der Waals surface area contributed by atoms with Crippen molar-refractivity contribution >= 4 is 17.6 Å². The molecule has 1 unspecified atom stereocenters. The number of nitrogens with zero attached hydrogens (tertiary/aromatic N) is 1. The molecule has 0 bridgehead atoms. The molecule has 0 aliphatic rings.